The number of amides is 1. The van der Waals surface area contributed by atoms with Crippen LogP contribution in [-0.4, -0.2) is 79.9 Å². The van der Waals surface area contributed by atoms with Crippen LogP contribution >= 0.6 is 0 Å². The molecule has 2 aliphatic rings. The van der Waals surface area contributed by atoms with E-state index in [4.69, 9.17) is 4.74 Å². The van der Waals surface area contributed by atoms with Gasteiger partial charge < -0.3 is 9.64 Å². The fraction of sp³-hybridized carbons (Fsp3) is 0.480. The largest absolute Gasteiger partial charge is 0.373 e. The van der Waals surface area contributed by atoms with E-state index in [2.05, 4.69) is 4.90 Å². The van der Waals surface area contributed by atoms with Gasteiger partial charge in [0.25, 0.3) is 5.91 Å². The number of hydrogen-bond donors (Lipinski definition) is 0. The number of nitrogens with zero attached hydrogens (tertiary/aromatic N) is 3. The Morgan fingerprint density at radius 3 is 2.47 bits per heavy atom. The quantitative estimate of drug-likeness (QED) is 0.646. The summed E-state index contributed by atoms with van der Waals surface area (Å²) in [5.41, 5.74) is 1.00. The summed E-state index contributed by atoms with van der Waals surface area (Å²) < 4.78 is 47.6. The summed E-state index contributed by atoms with van der Waals surface area (Å²) in [4.78, 5) is 17.3. The minimum atomic E-state index is -3.73. The first kappa shape index (κ1) is 24.8. The molecule has 1 amide bonds. The maximum atomic E-state index is 14.0. The van der Waals surface area contributed by atoms with Crippen LogP contribution in [0.5, 0.6) is 0 Å². The van der Waals surface area contributed by atoms with E-state index in [9.17, 15) is 17.6 Å². The van der Waals surface area contributed by atoms with Crippen molar-refractivity contribution in [3.05, 3.63) is 65.5 Å². The van der Waals surface area contributed by atoms with E-state index in [1.807, 2.05) is 19.9 Å². The number of carbonyl (C=O) groups excluding carboxylic acids is 1. The molecule has 2 aromatic carbocycles. The van der Waals surface area contributed by atoms with E-state index in [0.717, 1.165) is 13.0 Å². The summed E-state index contributed by atoms with van der Waals surface area (Å²) in [5, 5.41) is 0. The van der Waals surface area contributed by atoms with Crippen molar-refractivity contribution in [2.24, 2.45) is 0 Å². The molecule has 0 saturated carbocycles. The first-order valence-corrected chi connectivity index (χ1v) is 13.2. The van der Waals surface area contributed by atoms with E-state index in [1.165, 1.54) is 22.5 Å². The van der Waals surface area contributed by atoms with Gasteiger partial charge in [0.15, 0.2) is 0 Å². The summed E-state index contributed by atoms with van der Waals surface area (Å²) in [7, 11) is -3.73. The van der Waals surface area contributed by atoms with Gasteiger partial charge in [-0.1, -0.05) is 24.3 Å². The molecule has 0 N–H and O–H groups in total. The maximum Gasteiger partial charge on any atom is 0.253 e. The first-order valence-electron chi connectivity index (χ1n) is 11.7. The molecular formula is C25H32FN3O4S. The highest BCUT2D eigenvalue weighted by atomic mass is 32.2. The molecule has 2 atom stereocenters. The number of morpholine rings is 1. The van der Waals surface area contributed by atoms with E-state index in [-0.39, 0.29) is 41.9 Å². The molecule has 0 spiro atoms. The van der Waals surface area contributed by atoms with Crippen molar-refractivity contribution in [3.63, 3.8) is 0 Å². The monoisotopic (exact) mass is 489 g/mol. The van der Waals surface area contributed by atoms with Crippen molar-refractivity contribution in [1.29, 1.82) is 0 Å². The van der Waals surface area contributed by atoms with Gasteiger partial charge in [-0.2, -0.15) is 4.31 Å². The summed E-state index contributed by atoms with van der Waals surface area (Å²) >= 11 is 0. The van der Waals surface area contributed by atoms with Crippen molar-refractivity contribution in [3.8, 4) is 0 Å². The van der Waals surface area contributed by atoms with E-state index in [1.54, 1.807) is 29.2 Å². The minimum absolute atomic E-state index is 0.121. The number of sulfonamides is 1. The van der Waals surface area contributed by atoms with Gasteiger partial charge in [0, 0.05) is 56.9 Å². The fourth-order valence-corrected chi connectivity index (χ4v) is 6.28. The lowest BCUT2D eigenvalue weighted by Crippen LogP contribution is -2.48. The summed E-state index contributed by atoms with van der Waals surface area (Å²) in [6.45, 7) is 7.24. The molecule has 7 nitrogen and oxygen atoms in total. The second kappa shape index (κ2) is 10.5. The van der Waals surface area contributed by atoms with Crippen LogP contribution in [0, 0.1) is 5.82 Å². The molecule has 2 aliphatic heterocycles. The SMILES string of the molecule is CC1CN(S(=O)(=O)c2cccc(C(=O)N3CCCN(Cc4ccccc4F)CC3)c2)CC(C)O1. The normalized spacial score (nSPS) is 23.0. The van der Waals surface area contributed by atoms with Gasteiger partial charge in [-0.05, 0) is 44.5 Å². The number of benzene rings is 2. The summed E-state index contributed by atoms with van der Waals surface area (Å²) in [5.74, 6) is -0.407. The molecule has 34 heavy (non-hydrogen) atoms. The highest BCUT2D eigenvalue weighted by Gasteiger charge is 2.33. The zero-order chi connectivity index (χ0) is 24.3. The number of ether oxygens (including phenoxy) is 1. The highest BCUT2D eigenvalue weighted by molar-refractivity contribution is 7.89. The molecular weight excluding hydrogens is 457 g/mol. The lowest BCUT2D eigenvalue weighted by Gasteiger charge is -2.34. The van der Waals surface area contributed by atoms with E-state index >= 15 is 0 Å². The Labute approximate surface area is 201 Å². The molecule has 4 rings (SSSR count). The third kappa shape index (κ3) is 5.66. The lowest BCUT2D eigenvalue weighted by molar-refractivity contribution is -0.0440. The van der Waals surface area contributed by atoms with Crippen molar-refractivity contribution < 1.29 is 22.3 Å². The van der Waals surface area contributed by atoms with Crippen LogP contribution in [-0.2, 0) is 21.3 Å². The molecule has 9 heteroatoms. The predicted octanol–water partition coefficient (Wildman–Crippen LogP) is 2.97. The average Bonchev–Trinajstić information content (AvgIpc) is 3.05. The van der Waals surface area contributed by atoms with Crippen LogP contribution in [0.15, 0.2) is 53.4 Å². The first-order chi connectivity index (χ1) is 16.2. The zero-order valence-corrected chi connectivity index (χ0v) is 20.5. The van der Waals surface area contributed by atoms with Crippen LogP contribution < -0.4 is 0 Å². The summed E-state index contributed by atoms with van der Waals surface area (Å²) in [6, 6.07) is 13.0. The highest BCUT2D eigenvalue weighted by Crippen LogP contribution is 2.23. The summed E-state index contributed by atoms with van der Waals surface area (Å²) in [6.07, 6.45) is 0.391. The third-order valence-corrected chi connectivity index (χ3v) is 8.16. The second-order valence-electron chi connectivity index (χ2n) is 9.12. The lowest BCUT2D eigenvalue weighted by atomic mass is 10.2. The van der Waals surface area contributed by atoms with Crippen molar-refractivity contribution in [1.82, 2.24) is 14.1 Å². The molecule has 0 bridgehead atoms. The van der Waals surface area contributed by atoms with Crippen molar-refractivity contribution in [2.75, 3.05) is 39.3 Å². The zero-order valence-electron chi connectivity index (χ0n) is 19.7. The van der Waals surface area contributed by atoms with Gasteiger partial charge in [-0.3, -0.25) is 9.69 Å². The second-order valence-corrected chi connectivity index (χ2v) is 11.1. The Morgan fingerprint density at radius 1 is 1.00 bits per heavy atom. The number of halogens is 1. The molecule has 0 radical (unpaired) electrons. The predicted molar refractivity (Wildman–Crippen MR) is 127 cm³/mol. The van der Waals surface area contributed by atoms with Gasteiger partial charge in [0.2, 0.25) is 10.0 Å². The van der Waals surface area contributed by atoms with E-state index < -0.39 is 10.0 Å². The van der Waals surface area contributed by atoms with Gasteiger partial charge in [0.1, 0.15) is 5.82 Å². The maximum absolute atomic E-state index is 14.0. The Bertz CT molecular complexity index is 1120. The average molecular weight is 490 g/mol. The molecule has 184 valence electrons. The minimum Gasteiger partial charge on any atom is -0.373 e. The van der Waals surface area contributed by atoms with E-state index in [0.29, 0.717) is 37.3 Å². The fourth-order valence-electron chi connectivity index (χ4n) is 4.65. The number of hydrogen-bond acceptors (Lipinski definition) is 5. The standard InChI is InChI=1S/C25H32FN3O4S/c1-19-16-29(17-20(2)33-19)34(31,32)23-9-5-8-21(15-23)25(30)28-12-6-11-27(13-14-28)18-22-7-3-4-10-24(22)26/h3-5,7-10,15,19-20H,6,11-14,16-18H2,1-2H3. The Morgan fingerprint density at radius 2 is 1.74 bits per heavy atom. The Hall–Kier alpha value is -2.33. The Balaban J connectivity index is 1.44. The van der Waals surface area contributed by atoms with Crippen LogP contribution in [0.2, 0.25) is 0 Å². The number of carbonyl (C=O) groups is 1. The van der Waals surface area contributed by atoms with Crippen molar-refractivity contribution in [2.45, 2.75) is 43.9 Å². The molecule has 2 fully saturated rings. The van der Waals surface area contributed by atoms with Crippen molar-refractivity contribution >= 4 is 15.9 Å². The van der Waals surface area contributed by atoms with Crippen LogP contribution in [0.25, 0.3) is 0 Å². The van der Waals surface area contributed by atoms with Gasteiger partial charge in [-0.25, -0.2) is 12.8 Å². The van der Waals surface area contributed by atoms with Crippen LogP contribution in [0.1, 0.15) is 36.2 Å². The van der Waals surface area contributed by atoms with Gasteiger partial charge in [0.05, 0.1) is 17.1 Å². The topological polar surface area (TPSA) is 70.2 Å². The smallest absolute Gasteiger partial charge is 0.253 e. The van der Waals surface area contributed by atoms with Gasteiger partial charge >= 0.3 is 0 Å². The molecule has 0 aliphatic carbocycles. The molecule has 2 saturated heterocycles. The number of rotatable bonds is 5. The molecule has 2 heterocycles. The molecule has 2 aromatic rings. The third-order valence-electron chi connectivity index (χ3n) is 6.33. The van der Waals surface area contributed by atoms with Crippen LogP contribution in [0.3, 0.4) is 0 Å². The van der Waals surface area contributed by atoms with Gasteiger partial charge in [-0.15, -0.1) is 0 Å². The van der Waals surface area contributed by atoms with Crippen LogP contribution in [0.4, 0.5) is 4.39 Å². The molecule has 0 aromatic heterocycles. The molecule has 2 unspecified atom stereocenters. The Kier molecular flexibility index (Phi) is 7.67.